The van der Waals surface area contributed by atoms with Crippen molar-refractivity contribution in [3.8, 4) is 11.5 Å². The van der Waals surface area contributed by atoms with Gasteiger partial charge in [0.1, 0.15) is 17.3 Å². The highest BCUT2D eigenvalue weighted by molar-refractivity contribution is 6.31. The van der Waals surface area contributed by atoms with E-state index in [1.165, 1.54) is 12.1 Å². The van der Waals surface area contributed by atoms with Gasteiger partial charge in [-0.1, -0.05) is 29.3 Å². The highest BCUT2D eigenvalue weighted by atomic mass is 35.5. The zero-order chi connectivity index (χ0) is 13.8. The first-order chi connectivity index (χ1) is 9.10. The van der Waals surface area contributed by atoms with Crippen LogP contribution in [0.5, 0.6) is 11.5 Å². The summed E-state index contributed by atoms with van der Waals surface area (Å²) in [6.45, 7) is 0.530. The van der Waals surface area contributed by atoms with Crippen molar-refractivity contribution in [1.82, 2.24) is 0 Å². The molecule has 0 saturated carbocycles. The van der Waals surface area contributed by atoms with Crippen molar-refractivity contribution < 1.29 is 9.13 Å². The van der Waals surface area contributed by atoms with Crippen molar-refractivity contribution in [3.63, 3.8) is 0 Å². The van der Waals surface area contributed by atoms with E-state index in [0.29, 0.717) is 29.5 Å². The minimum Gasteiger partial charge on any atom is -0.457 e. The van der Waals surface area contributed by atoms with Crippen LogP contribution in [0.1, 0.15) is 5.56 Å². The van der Waals surface area contributed by atoms with E-state index < -0.39 is 5.82 Å². The summed E-state index contributed by atoms with van der Waals surface area (Å²) in [4.78, 5) is 0. The minimum atomic E-state index is -0.523. The molecule has 19 heavy (non-hydrogen) atoms. The molecule has 0 bridgehead atoms. The predicted molar refractivity (Wildman–Crippen MR) is 75.7 cm³/mol. The number of hydrogen-bond donors (Lipinski definition) is 1. The summed E-state index contributed by atoms with van der Waals surface area (Å²) in [5.74, 6) is 0.377. The van der Waals surface area contributed by atoms with Crippen LogP contribution >= 0.6 is 23.2 Å². The van der Waals surface area contributed by atoms with Gasteiger partial charge in [0.25, 0.3) is 0 Å². The SMILES string of the molecule is NCCc1ccc(Oc2ccc(Cl)c(F)c2)cc1Cl. The Morgan fingerprint density at radius 2 is 1.68 bits per heavy atom. The largest absolute Gasteiger partial charge is 0.457 e. The zero-order valence-electron chi connectivity index (χ0n) is 10.00. The van der Waals surface area contributed by atoms with Gasteiger partial charge < -0.3 is 10.5 Å². The molecule has 0 heterocycles. The van der Waals surface area contributed by atoms with Crippen molar-refractivity contribution in [2.24, 2.45) is 5.73 Å². The quantitative estimate of drug-likeness (QED) is 0.906. The third kappa shape index (κ3) is 3.60. The van der Waals surface area contributed by atoms with Crippen LogP contribution in [0, 0.1) is 5.82 Å². The highest BCUT2D eigenvalue weighted by Crippen LogP contribution is 2.28. The third-order valence-electron chi connectivity index (χ3n) is 2.56. The van der Waals surface area contributed by atoms with Gasteiger partial charge in [0.2, 0.25) is 0 Å². The summed E-state index contributed by atoms with van der Waals surface area (Å²) in [6.07, 6.45) is 0.703. The van der Waals surface area contributed by atoms with Crippen LogP contribution in [-0.4, -0.2) is 6.54 Å². The fourth-order valence-electron chi connectivity index (χ4n) is 1.63. The lowest BCUT2D eigenvalue weighted by atomic mass is 10.1. The van der Waals surface area contributed by atoms with Crippen molar-refractivity contribution in [3.05, 3.63) is 57.8 Å². The lowest BCUT2D eigenvalue weighted by molar-refractivity contribution is 0.476. The van der Waals surface area contributed by atoms with Crippen LogP contribution in [0.3, 0.4) is 0 Å². The molecule has 2 aromatic carbocycles. The Kier molecular flexibility index (Phi) is 4.64. The molecule has 2 rings (SSSR count). The van der Waals surface area contributed by atoms with E-state index in [2.05, 4.69) is 0 Å². The van der Waals surface area contributed by atoms with E-state index >= 15 is 0 Å². The molecule has 2 aromatic rings. The van der Waals surface area contributed by atoms with Crippen molar-refractivity contribution in [2.45, 2.75) is 6.42 Å². The van der Waals surface area contributed by atoms with Gasteiger partial charge in [-0.25, -0.2) is 4.39 Å². The fraction of sp³-hybridized carbons (Fsp3) is 0.143. The molecule has 0 fully saturated rings. The maximum Gasteiger partial charge on any atom is 0.145 e. The summed E-state index contributed by atoms with van der Waals surface area (Å²) in [7, 11) is 0. The van der Waals surface area contributed by atoms with Crippen molar-refractivity contribution >= 4 is 23.2 Å². The number of nitrogens with two attached hydrogens (primary N) is 1. The first-order valence-corrected chi connectivity index (χ1v) is 6.47. The maximum absolute atomic E-state index is 13.3. The Bertz CT molecular complexity index is 590. The van der Waals surface area contributed by atoms with Gasteiger partial charge in [-0.2, -0.15) is 0 Å². The molecule has 0 aliphatic heterocycles. The molecular weight excluding hydrogens is 288 g/mol. The van der Waals surface area contributed by atoms with Crippen LogP contribution in [0.4, 0.5) is 4.39 Å². The highest BCUT2D eigenvalue weighted by Gasteiger charge is 2.05. The molecule has 0 aromatic heterocycles. The van der Waals surface area contributed by atoms with Crippen molar-refractivity contribution in [1.29, 1.82) is 0 Å². The lowest BCUT2D eigenvalue weighted by Gasteiger charge is -2.09. The number of hydrogen-bond acceptors (Lipinski definition) is 2. The second-order valence-electron chi connectivity index (χ2n) is 3.97. The van der Waals surface area contributed by atoms with Gasteiger partial charge in [-0.3, -0.25) is 0 Å². The number of halogens is 3. The second-order valence-corrected chi connectivity index (χ2v) is 4.78. The van der Waals surface area contributed by atoms with E-state index in [4.69, 9.17) is 33.7 Å². The molecule has 0 spiro atoms. The van der Waals surface area contributed by atoms with Crippen LogP contribution < -0.4 is 10.5 Å². The van der Waals surface area contributed by atoms with E-state index in [-0.39, 0.29) is 5.02 Å². The molecule has 2 nitrogen and oxygen atoms in total. The summed E-state index contributed by atoms with van der Waals surface area (Å²) in [6, 6.07) is 9.55. The van der Waals surface area contributed by atoms with Crippen LogP contribution in [0.25, 0.3) is 0 Å². The predicted octanol–water partition coefficient (Wildman–Crippen LogP) is 4.43. The summed E-state index contributed by atoms with van der Waals surface area (Å²) in [5.41, 5.74) is 6.44. The Morgan fingerprint density at radius 1 is 1.00 bits per heavy atom. The van der Waals surface area contributed by atoms with E-state index in [1.54, 1.807) is 18.2 Å². The van der Waals surface area contributed by atoms with Gasteiger partial charge in [0.05, 0.1) is 5.02 Å². The maximum atomic E-state index is 13.3. The Morgan fingerprint density at radius 3 is 2.32 bits per heavy atom. The monoisotopic (exact) mass is 299 g/mol. The summed E-state index contributed by atoms with van der Waals surface area (Å²) < 4.78 is 18.8. The van der Waals surface area contributed by atoms with Crippen LogP contribution in [-0.2, 0) is 6.42 Å². The number of rotatable bonds is 4. The third-order valence-corrected chi connectivity index (χ3v) is 3.22. The Labute approximate surface area is 120 Å². The smallest absolute Gasteiger partial charge is 0.145 e. The molecule has 100 valence electrons. The Balaban J connectivity index is 2.19. The molecule has 0 saturated heterocycles. The van der Waals surface area contributed by atoms with Gasteiger partial charge in [0, 0.05) is 11.1 Å². The second kappa shape index (κ2) is 6.24. The molecule has 5 heteroatoms. The van der Waals surface area contributed by atoms with E-state index in [9.17, 15) is 4.39 Å². The molecule has 0 aliphatic rings. The average molecular weight is 300 g/mol. The fourth-order valence-corrected chi connectivity index (χ4v) is 2.01. The first-order valence-electron chi connectivity index (χ1n) is 5.71. The average Bonchev–Trinajstić information content (AvgIpc) is 2.37. The van der Waals surface area contributed by atoms with Gasteiger partial charge in [0.15, 0.2) is 0 Å². The van der Waals surface area contributed by atoms with Gasteiger partial charge >= 0.3 is 0 Å². The van der Waals surface area contributed by atoms with Crippen molar-refractivity contribution in [2.75, 3.05) is 6.54 Å². The lowest BCUT2D eigenvalue weighted by Crippen LogP contribution is -2.03. The molecule has 0 unspecified atom stereocenters. The molecule has 0 radical (unpaired) electrons. The van der Waals surface area contributed by atoms with Gasteiger partial charge in [-0.05, 0) is 42.8 Å². The molecule has 0 aliphatic carbocycles. The molecule has 0 amide bonds. The number of benzene rings is 2. The molecule has 0 atom stereocenters. The normalized spacial score (nSPS) is 10.5. The zero-order valence-corrected chi connectivity index (χ0v) is 11.5. The summed E-state index contributed by atoms with van der Waals surface area (Å²) in [5, 5.41) is 0.640. The Hall–Kier alpha value is -1.29. The summed E-state index contributed by atoms with van der Waals surface area (Å²) >= 11 is 11.7. The molecular formula is C14H12Cl2FNO. The van der Waals surface area contributed by atoms with E-state index in [1.807, 2.05) is 6.07 Å². The van der Waals surface area contributed by atoms with Crippen LogP contribution in [0.2, 0.25) is 10.0 Å². The molecule has 2 N–H and O–H groups in total. The van der Waals surface area contributed by atoms with Crippen LogP contribution in [0.15, 0.2) is 36.4 Å². The number of ether oxygens (including phenoxy) is 1. The first kappa shape index (κ1) is 14.1. The van der Waals surface area contributed by atoms with E-state index in [0.717, 1.165) is 5.56 Å². The minimum absolute atomic E-state index is 0.0590. The van der Waals surface area contributed by atoms with Gasteiger partial charge in [-0.15, -0.1) is 0 Å². The standard InChI is InChI=1S/C14H12Cl2FNO/c15-12-4-3-11(8-14(12)17)19-10-2-1-9(5-6-18)13(16)7-10/h1-4,7-8H,5-6,18H2. The topological polar surface area (TPSA) is 35.2 Å².